The molecule has 0 saturated heterocycles. The topological polar surface area (TPSA) is 114 Å². The zero-order valence-electron chi connectivity index (χ0n) is 25.1. The number of methoxy groups -OCH3 is 1. The van der Waals surface area contributed by atoms with Crippen LogP contribution in [0.25, 0.3) is 0 Å². The predicted molar refractivity (Wildman–Crippen MR) is 152 cm³/mol. The highest BCUT2D eigenvalue weighted by Crippen LogP contribution is 2.25. The lowest BCUT2D eigenvalue weighted by atomic mass is 9.97. The number of alkyl carbamates (subject to hydrolysis) is 1. The molecule has 9 nitrogen and oxygen atoms in total. The fraction of sp³-hybridized carbons (Fsp3) is 0.667. The highest BCUT2D eigenvalue weighted by Gasteiger charge is 2.37. The smallest absolute Gasteiger partial charge is 0.408 e. The van der Waals surface area contributed by atoms with Crippen LogP contribution in [0.2, 0.25) is 0 Å². The first-order chi connectivity index (χ1) is 18.3. The summed E-state index contributed by atoms with van der Waals surface area (Å²) in [7, 11) is 1.25. The van der Waals surface area contributed by atoms with Gasteiger partial charge in [0.25, 0.3) is 0 Å². The van der Waals surface area contributed by atoms with Crippen LogP contribution in [-0.4, -0.2) is 60.6 Å². The van der Waals surface area contributed by atoms with Gasteiger partial charge in [0.15, 0.2) is 0 Å². The summed E-state index contributed by atoms with van der Waals surface area (Å²) in [6.45, 7) is 13.0. The number of benzene rings is 1. The first-order valence-corrected chi connectivity index (χ1v) is 14.0. The van der Waals surface area contributed by atoms with Crippen molar-refractivity contribution >= 4 is 23.9 Å². The second-order valence-electron chi connectivity index (χ2n) is 11.3. The molecule has 1 aromatic rings. The van der Waals surface area contributed by atoms with E-state index in [1.165, 1.54) is 12.0 Å². The Labute approximate surface area is 234 Å². The number of carbonyl (C=O) groups is 4. The maximum atomic E-state index is 14.1. The van der Waals surface area contributed by atoms with Gasteiger partial charge in [-0.2, -0.15) is 0 Å². The number of aryl methyl sites for hydroxylation is 1. The number of esters is 1. The van der Waals surface area contributed by atoms with E-state index in [1.54, 1.807) is 20.8 Å². The summed E-state index contributed by atoms with van der Waals surface area (Å²) < 4.78 is 10.1. The van der Waals surface area contributed by atoms with Crippen LogP contribution in [0.5, 0.6) is 0 Å². The molecule has 0 spiro atoms. The Morgan fingerprint density at radius 3 is 2.08 bits per heavy atom. The van der Waals surface area contributed by atoms with Crippen LogP contribution >= 0.6 is 0 Å². The molecule has 220 valence electrons. The number of nitrogens with zero attached hydrogens (tertiary/aromatic N) is 1. The highest BCUT2D eigenvalue weighted by atomic mass is 16.6. The van der Waals surface area contributed by atoms with Gasteiger partial charge in [-0.3, -0.25) is 14.4 Å². The molecule has 2 atom stereocenters. The number of carbonyl (C=O) groups excluding carboxylic acids is 4. The van der Waals surface area contributed by atoms with E-state index in [-0.39, 0.29) is 18.4 Å². The Hall–Kier alpha value is -3.10. The lowest BCUT2D eigenvalue weighted by Gasteiger charge is -2.35. The second-order valence-corrected chi connectivity index (χ2v) is 11.3. The van der Waals surface area contributed by atoms with Gasteiger partial charge >= 0.3 is 12.1 Å². The summed E-state index contributed by atoms with van der Waals surface area (Å²) in [6.07, 6.45) is 5.33. The number of unbranched alkanes of at least 4 members (excludes halogenated alkanes) is 5. The van der Waals surface area contributed by atoms with Gasteiger partial charge < -0.3 is 25.0 Å². The number of rotatable bonds is 15. The van der Waals surface area contributed by atoms with Crippen LogP contribution in [0.1, 0.15) is 97.2 Å². The summed E-state index contributed by atoms with van der Waals surface area (Å²) in [5.74, 6) is -1.74. The van der Waals surface area contributed by atoms with Crippen molar-refractivity contribution in [1.29, 1.82) is 0 Å². The second kappa shape index (κ2) is 16.8. The predicted octanol–water partition coefficient (Wildman–Crippen LogP) is 5.06. The minimum atomic E-state index is -1.000. The standard InChI is InChI=1S/C30H49N3O6/c1-9-10-11-12-13-14-19-33(28(36)25(21(2)3)32-29(37)39-30(5,6)7)26(23-17-15-22(4)16-18-23)27(35)31-20-24(34)38-8/h15-18,21,25-26H,9-14,19-20H2,1-8H3,(H,31,35)(H,32,37). The highest BCUT2D eigenvalue weighted by molar-refractivity contribution is 5.93. The molecule has 39 heavy (non-hydrogen) atoms. The van der Waals surface area contributed by atoms with Crippen LogP contribution in [0, 0.1) is 12.8 Å². The summed E-state index contributed by atoms with van der Waals surface area (Å²) in [5.41, 5.74) is 0.889. The van der Waals surface area contributed by atoms with E-state index in [0.29, 0.717) is 18.5 Å². The van der Waals surface area contributed by atoms with Gasteiger partial charge in [0, 0.05) is 6.54 Å². The molecule has 0 aromatic heterocycles. The first kappa shape index (κ1) is 33.9. The molecule has 2 unspecified atom stereocenters. The lowest BCUT2D eigenvalue weighted by Crippen LogP contribution is -2.55. The summed E-state index contributed by atoms with van der Waals surface area (Å²) in [6, 6.07) is 5.46. The molecular weight excluding hydrogens is 498 g/mol. The number of ether oxygens (including phenoxy) is 2. The zero-order valence-corrected chi connectivity index (χ0v) is 25.1. The van der Waals surface area contributed by atoms with E-state index < -0.39 is 35.7 Å². The molecule has 0 aliphatic rings. The maximum Gasteiger partial charge on any atom is 0.408 e. The zero-order chi connectivity index (χ0) is 29.6. The van der Waals surface area contributed by atoms with Gasteiger partial charge in [0.1, 0.15) is 24.2 Å². The van der Waals surface area contributed by atoms with E-state index in [1.807, 2.05) is 45.0 Å². The Morgan fingerprint density at radius 2 is 1.54 bits per heavy atom. The largest absolute Gasteiger partial charge is 0.468 e. The van der Waals surface area contributed by atoms with Crippen molar-refractivity contribution in [2.45, 2.75) is 105 Å². The van der Waals surface area contributed by atoms with Gasteiger partial charge in [-0.1, -0.05) is 82.7 Å². The van der Waals surface area contributed by atoms with E-state index >= 15 is 0 Å². The number of hydrogen-bond acceptors (Lipinski definition) is 6. The third kappa shape index (κ3) is 12.5. The van der Waals surface area contributed by atoms with Gasteiger partial charge in [-0.15, -0.1) is 0 Å². The molecule has 1 rings (SSSR count). The number of nitrogens with one attached hydrogen (secondary N) is 2. The van der Waals surface area contributed by atoms with Crippen LogP contribution in [0.15, 0.2) is 24.3 Å². The third-order valence-corrected chi connectivity index (χ3v) is 6.23. The molecule has 2 N–H and O–H groups in total. The van der Waals surface area contributed by atoms with E-state index in [9.17, 15) is 19.2 Å². The molecule has 1 aromatic carbocycles. The van der Waals surface area contributed by atoms with Crippen molar-refractivity contribution in [3.63, 3.8) is 0 Å². The van der Waals surface area contributed by atoms with E-state index in [2.05, 4.69) is 22.3 Å². The molecule has 0 heterocycles. The van der Waals surface area contributed by atoms with Crippen LogP contribution in [0.3, 0.4) is 0 Å². The molecule has 3 amide bonds. The summed E-state index contributed by atoms with van der Waals surface area (Å²) in [4.78, 5) is 53.6. The minimum Gasteiger partial charge on any atom is -0.468 e. The molecule has 0 aliphatic heterocycles. The maximum absolute atomic E-state index is 14.1. The monoisotopic (exact) mass is 547 g/mol. The van der Waals surface area contributed by atoms with Gasteiger partial charge in [-0.05, 0) is 45.6 Å². The van der Waals surface area contributed by atoms with Crippen LogP contribution < -0.4 is 10.6 Å². The average Bonchev–Trinajstić information content (AvgIpc) is 2.86. The van der Waals surface area contributed by atoms with E-state index in [0.717, 1.165) is 37.7 Å². The van der Waals surface area contributed by atoms with Crippen molar-refractivity contribution in [3.05, 3.63) is 35.4 Å². The fourth-order valence-corrected chi connectivity index (χ4v) is 4.11. The van der Waals surface area contributed by atoms with Crippen molar-refractivity contribution < 1.29 is 28.7 Å². The molecule has 9 heteroatoms. The van der Waals surface area contributed by atoms with Crippen molar-refractivity contribution in [2.75, 3.05) is 20.2 Å². The van der Waals surface area contributed by atoms with Crippen LogP contribution in [-0.2, 0) is 23.9 Å². The first-order valence-electron chi connectivity index (χ1n) is 14.0. The SMILES string of the molecule is CCCCCCCCN(C(=O)C(NC(=O)OC(C)(C)C)C(C)C)C(C(=O)NCC(=O)OC)c1ccc(C)cc1. The normalized spacial score (nSPS) is 12.8. The molecular formula is C30H49N3O6. The molecule has 0 radical (unpaired) electrons. The molecule has 0 aliphatic carbocycles. The van der Waals surface area contributed by atoms with Crippen LogP contribution in [0.4, 0.5) is 4.79 Å². The van der Waals surface area contributed by atoms with Crippen molar-refractivity contribution in [2.24, 2.45) is 5.92 Å². The number of amides is 3. The van der Waals surface area contributed by atoms with Crippen molar-refractivity contribution in [3.8, 4) is 0 Å². The lowest BCUT2D eigenvalue weighted by molar-refractivity contribution is -0.145. The molecule has 0 fully saturated rings. The number of hydrogen-bond donors (Lipinski definition) is 2. The van der Waals surface area contributed by atoms with Gasteiger partial charge in [0.05, 0.1) is 7.11 Å². The Balaban J connectivity index is 3.40. The fourth-order valence-electron chi connectivity index (χ4n) is 4.11. The van der Waals surface area contributed by atoms with E-state index in [4.69, 9.17) is 4.74 Å². The van der Waals surface area contributed by atoms with Gasteiger partial charge in [0.2, 0.25) is 11.8 Å². The summed E-state index contributed by atoms with van der Waals surface area (Å²) >= 11 is 0. The molecule has 0 bridgehead atoms. The average molecular weight is 548 g/mol. The third-order valence-electron chi connectivity index (χ3n) is 6.23. The van der Waals surface area contributed by atoms with Crippen molar-refractivity contribution in [1.82, 2.24) is 15.5 Å². The Kier molecular flexibility index (Phi) is 14.6. The quantitative estimate of drug-likeness (QED) is 0.234. The van der Waals surface area contributed by atoms with Gasteiger partial charge in [-0.25, -0.2) is 4.79 Å². The molecule has 0 saturated carbocycles. The Morgan fingerprint density at radius 1 is 0.949 bits per heavy atom. The minimum absolute atomic E-state index is 0.270. The Bertz CT molecular complexity index is 924. The summed E-state index contributed by atoms with van der Waals surface area (Å²) in [5, 5.41) is 5.35.